The van der Waals surface area contributed by atoms with Gasteiger partial charge < -0.3 is 20.1 Å². The topological polar surface area (TPSA) is 76.7 Å². The van der Waals surface area contributed by atoms with Crippen LogP contribution in [0.15, 0.2) is 54.2 Å². The van der Waals surface area contributed by atoms with Crippen LogP contribution in [0.5, 0.6) is 11.5 Å². The second kappa shape index (κ2) is 10.8. The highest BCUT2D eigenvalue weighted by Crippen LogP contribution is 2.32. The summed E-state index contributed by atoms with van der Waals surface area (Å²) in [7, 11) is 3.07. The number of methoxy groups -OCH3 is 2. The van der Waals surface area contributed by atoms with Crippen LogP contribution in [0.1, 0.15) is 35.7 Å². The summed E-state index contributed by atoms with van der Waals surface area (Å²) in [5, 5.41) is 5.54. The summed E-state index contributed by atoms with van der Waals surface area (Å²) in [6, 6.07) is 14.1. The lowest BCUT2D eigenvalue weighted by atomic mass is 10.1. The van der Waals surface area contributed by atoms with Crippen LogP contribution in [0.25, 0.3) is 6.08 Å². The predicted molar refractivity (Wildman–Crippen MR) is 109 cm³/mol. The summed E-state index contributed by atoms with van der Waals surface area (Å²) in [4.78, 5) is 25.2. The van der Waals surface area contributed by atoms with E-state index in [-0.39, 0.29) is 17.5 Å². The molecule has 148 valence electrons. The van der Waals surface area contributed by atoms with Crippen LogP contribution in [0.2, 0.25) is 0 Å². The SMILES string of the molecule is CCCCNC(=O)C(=Cc1cccc(OC)c1OC)NC(=O)c1ccccc1. The van der Waals surface area contributed by atoms with E-state index in [1.807, 2.05) is 13.0 Å². The molecule has 0 aromatic heterocycles. The van der Waals surface area contributed by atoms with Crippen LogP contribution in [0.4, 0.5) is 0 Å². The first-order valence-electron chi connectivity index (χ1n) is 9.18. The molecule has 0 saturated heterocycles. The third kappa shape index (κ3) is 5.61. The van der Waals surface area contributed by atoms with Crippen LogP contribution < -0.4 is 20.1 Å². The zero-order chi connectivity index (χ0) is 20.4. The zero-order valence-electron chi connectivity index (χ0n) is 16.5. The lowest BCUT2D eigenvalue weighted by Crippen LogP contribution is -2.35. The lowest BCUT2D eigenvalue weighted by molar-refractivity contribution is -0.117. The first kappa shape index (κ1) is 21.0. The van der Waals surface area contributed by atoms with Crippen LogP contribution in [0.3, 0.4) is 0 Å². The Hall–Kier alpha value is -3.28. The largest absolute Gasteiger partial charge is 0.493 e. The Morgan fingerprint density at radius 1 is 1.00 bits per heavy atom. The van der Waals surface area contributed by atoms with Gasteiger partial charge in [0.25, 0.3) is 11.8 Å². The summed E-state index contributed by atoms with van der Waals surface area (Å²) < 4.78 is 10.7. The van der Waals surface area contributed by atoms with Gasteiger partial charge in [0, 0.05) is 17.7 Å². The molecule has 0 spiro atoms. The highest BCUT2D eigenvalue weighted by Gasteiger charge is 2.16. The lowest BCUT2D eigenvalue weighted by Gasteiger charge is -2.13. The second-order valence-electron chi connectivity index (χ2n) is 6.07. The van der Waals surface area contributed by atoms with E-state index in [4.69, 9.17) is 9.47 Å². The molecular formula is C22H26N2O4. The van der Waals surface area contributed by atoms with Gasteiger partial charge in [0.15, 0.2) is 11.5 Å². The number of hydrogen-bond donors (Lipinski definition) is 2. The van der Waals surface area contributed by atoms with Crippen molar-refractivity contribution < 1.29 is 19.1 Å². The van der Waals surface area contributed by atoms with Crippen molar-refractivity contribution in [2.75, 3.05) is 20.8 Å². The van der Waals surface area contributed by atoms with Crippen LogP contribution in [-0.2, 0) is 4.79 Å². The maximum atomic E-state index is 12.7. The highest BCUT2D eigenvalue weighted by atomic mass is 16.5. The minimum absolute atomic E-state index is 0.136. The molecule has 2 aromatic carbocycles. The Balaban J connectivity index is 2.36. The fourth-order valence-corrected chi connectivity index (χ4v) is 2.60. The highest BCUT2D eigenvalue weighted by molar-refractivity contribution is 6.05. The molecule has 0 bridgehead atoms. The van der Waals surface area contributed by atoms with Gasteiger partial charge in [-0.05, 0) is 30.7 Å². The van der Waals surface area contributed by atoms with Crippen molar-refractivity contribution in [2.24, 2.45) is 0 Å². The number of carbonyl (C=O) groups excluding carboxylic acids is 2. The van der Waals surface area contributed by atoms with Gasteiger partial charge in [-0.2, -0.15) is 0 Å². The first-order chi connectivity index (χ1) is 13.6. The van der Waals surface area contributed by atoms with Crippen molar-refractivity contribution in [3.8, 4) is 11.5 Å². The molecule has 6 heteroatoms. The number of ether oxygens (including phenoxy) is 2. The van der Waals surface area contributed by atoms with E-state index in [2.05, 4.69) is 10.6 Å². The van der Waals surface area contributed by atoms with Gasteiger partial charge in [-0.25, -0.2) is 0 Å². The monoisotopic (exact) mass is 382 g/mol. The van der Waals surface area contributed by atoms with E-state index >= 15 is 0 Å². The Kier molecular flexibility index (Phi) is 8.09. The van der Waals surface area contributed by atoms with Gasteiger partial charge in [0.05, 0.1) is 14.2 Å². The number of para-hydroxylation sites is 1. The predicted octanol–water partition coefficient (Wildman–Crippen LogP) is 3.39. The Bertz CT molecular complexity index is 832. The molecule has 6 nitrogen and oxygen atoms in total. The number of benzene rings is 2. The van der Waals surface area contributed by atoms with Crippen molar-refractivity contribution in [1.29, 1.82) is 0 Å². The molecule has 0 heterocycles. The van der Waals surface area contributed by atoms with E-state index in [0.29, 0.717) is 29.2 Å². The van der Waals surface area contributed by atoms with Crippen LogP contribution >= 0.6 is 0 Å². The van der Waals surface area contributed by atoms with Gasteiger partial charge in [0.1, 0.15) is 5.70 Å². The number of unbranched alkanes of at least 4 members (excludes halogenated alkanes) is 1. The molecule has 0 unspecified atom stereocenters. The Labute approximate surface area is 165 Å². The summed E-state index contributed by atoms with van der Waals surface area (Å²) in [6.45, 7) is 2.57. The van der Waals surface area contributed by atoms with E-state index in [9.17, 15) is 9.59 Å². The summed E-state index contributed by atoms with van der Waals surface area (Å²) >= 11 is 0. The molecule has 2 aromatic rings. The van der Waals surface area contributed by atoms with Gasteiger partial charge in [-0.15, -0.1) is 0 Å². The fourth-order valence-electron chi connectivity index (χ4n) is 2.60. The van der Waals surface area contributed by atoms with E-state index in [0.717, 1.165) is 12.8 Å². The van der Waals surface area contributed by atoms with E-state index in [1.54, 1.807) is 55.7 Å². The van der Waals surface area contributed by atoms with Gasteiger partial charge >= 0.3 is 0 Å². The summed E-state index contributed by atoms with van der Waals surface area (Å²) in [6.07, 6.45) is 3.40. The fraction of sp³-hybridized carbons (Fsp3) is 0.273. The second-order valence-corrected chi connectivity index (χ2v) is 6.07. The molecule has 0 aliphatic carbocycles. The summed E-state index contributed by atoms with van der Waals surface area (Å²) in [5.74, 6) is 0.302. The molecule has 0 aliphatic heterocycles. The third-order valence-electron chi connectivity index (χ3n) is 4.08. The maximum absolute atomic E-state index is 12.7. The van der Waals surface area contributed by atoms with E-state index < -0.39 is 0 Å². The molecular weight excluding hydrogens is 356 g/mol. The standard InChI is InChI=1S/C22H26N2O4/c1-4-5-14-23-22(26)18(24-21(25)16-10-7-6-8-11-16)15-17-12-9-13-19(27-2)20(17)28-3/h6-13,15H,4-5,14H2,1-3H3,(H,23,26)(H,24,25). The molecule has 0 radical (unpaired) electrons. The molecule has 0 fully saturated rings. The summed E-state index contributed by atoms with van der Waals surface area (Å²) in [5.41, 5.74) is 1.22. The normalized spacial score (nSPS) is 10.9. The van der Waals surface area contributed by atoms with Crippen LogP contribution in [-0.4, -0.2) is 32.6 Å². The molecule has 0 aliphatic rings. The number of amides is 2. The molecule has 0 saturated carbocycles. The van der Waals surface area contributed by atoms with Crippen molar-refractivity contribution in [3.63, 3.8) is 0 Å². The molecule has 0 atom stereocenters. The van der Waals surface area contributed by atoms with Crippen molar-refractivity contribution in [2.45, 2.75) is 19.8 Å². The van der Waals surface area contributed by atoms with E-state index in [1.165, 1.54) is 7.11 Å². The number of hydrogen-bond acceptors (Lipinski definition) is 4. The van der Waals surface area contributed by atoms with Crippen molar-refractivity contribution in [3.05, 3.63) is 65.4 Å². The third-order valence-corrected chi connectivity index (χ3v) is 4.08. The van der Waals surface area contributed by atoms with Crippen molar-refractivity contribution >= 4 is 17.9 Å². The average Bonchev–Trinajstić information content (AvgIpc) is 2.73. The number of nitrogens with one attached hydrogen (secondary N) is 2. The minimum Gasteiger partial charge on any atom is -0.493 e. The first-order valence-corrected chi connectivity index (χ1v) is 9.18. The van der Waals surface area contributed by atoms with Gasteiger partial charge in [-0.3, -0.25) is 9.59 Å². The van der Waals surface area contributed by atoms with Gasteiger partial charge in [0.2, 0.25) is 0 Å². The van der Waals surface area contributed by atoms with Crippen molar-refractivity contribution in [1.82, 2.24) is 10.6 Å². The average molecular weight is 382 g/mol. The maximum Gasteiger partial charge on any atom is 0.267 e. The molecule has 28 heavy (non-hydrogen) atoms. The van der Waals surface area contributed by atoms with Gasteiger partial charge in [-0.1, -0.05) is 43.7 Å². The van der Waals surface area contributed by atoms with Crippen LogP contribution in [0, 0.1) is 0 Å². The molecule has 2 amide bonds. The Morgan fingerprint density at radius 3 is 2.39 bits per heavy atom. The quantitative estimate of drug-likeness (QED) is 0.515. The smallest absolute Gasteiger partial charge is 0.267 e. The number of rotatable bonds is 9. The molecule has 2 rings (SSSR count). The minimum atomic E-state index is -0.362. The molecule has 2 N–H and O–H groups in total. The number of carbonyl (C=O) groups is 2. The zero-order valence-corrected chi connectivity index (χ0v) is 16.5. The Morgan fingerprint density at radius 2 is 1.75 bits per heavy atom.